The minimum atomic E-state index is -0.527. The van der Waals surface area contributed by atoms with E-state index in [1.54, 1.807) is 0 Å². The monoisotopic (exact) mass is 645 g/mol. The predicted molar refractivity (Wildman–Crippen MR) is 196 cm³/mol. The number of hydrogen-bond acceptors (Lipinski definition) is 6. The molecular formula is C41H47N3O4. The van der Waals surface area contributed by atoms with Crippen molar-refractivity contribution >= 4 is 22.8 Å². The number of benzene rings is 3. The molecule has 1 saturated heterocycles. The second-order valence-corrected chi connectivity index (χ2v) is 11.9. The average Bonchev–Trinajstić information content (AvgIpc) is 3.45. The summed E-state index contributed by atoms with van der Waals surface area (Å²) in [7, 11) is 0. The van der Waals surface area contributed by atoms with Crippen LogP contribution in [0.15, 0.2) is 131 Å². The summed E-state index contributed by atoms with van der Waals surface area (Å²) in [6.45, 7) is 6.28. The number of oxazole rings is 1. The third-order valence-electron chi connectivity index (χ3n) is 8.42. The van der Waals surface area contributed by atoms with E-state index in [0.717, 1.165) is 64.1 Å². The minimum absolute atomic E-state index is 0.169. The number of carbonyl (C=O) groups is 1. The van der Waals surface area contributed by atoms with Crippen molar-refractivity contribution in [1.29, 1.82) is 0 Å². The molecule has 3 aromatic carbocycles. The third kappa shape index (κ3) is 10.1. The lowest BCUT2D eigenvalue weighted by atomic mass is 10.0. The molecule has 0 N–H and O–H groups in total. The summed E-state index contributed by atoms with van der Waals surface area (Å²) in [6.07, 6.45) is 21.7. The zero-order chi connectivity index (χ0) is 33.4. The van der Waals surface area contributed by atoms with Crippen molar-refractivity contribution < 1.29 is 13.9 Å². The fourth-order valence-corrected chi connectivity index (χ4v) is 5.83. The Kier molecular flexibility index (Phi) is 13.2. The van der Waals surface area contributed by atoms with Crippen LogP contribution in [0, 0.1) is 0 Å². The number of nitrogens with zero attached hydrogens (tertiary/aromatic N) is 3. The van der Waals surface area contributed by atoms with Gasteiger partial charge in [-0.2, -0.15) is 0 Å². The maximum atomic E-state index is 12.8. The summed E-state index contributed by atoms with van der Waals surface area (Å²) in [6, 6.07) is 25.0. The molecule has 0 radical (unpaired) electrons. The molecule has 7 nitrogen and oxygen atoms in total. The first kappa shape index (κ1) is 34.5. The normalized spacial score (nSPS) is 14.4. The number of fused-ring (bicyclic) bond motifs is 1. The van der Waals surface area contributed by atoms with E-state index >= 15 is 0 Å². The Morgan fingerprint density at radius 1 is 0.771 bits per heavy atom. The molecule has 4 aromatic rings. The van der Waals surface area contributed by atoms with Gasteiger partial charge in [0, 0.05) is 39.1 Å². The van der Waals surface area contributed by atoms with Crippen LogP contribution in [0.4, 0.5) is 5.69 Å². The van der Waals surface area contributed by atoms with Gasteiger partial charge in [-0.1, -0.05) is 110 Å². The highest BCUT2D eigenvalue weighted by molar-refractivity contribution is 5.87. The van der Waals surface area contributed by atoms with Crippen molar-refractivity contribution in [2.24, 2.45) is 0 Å². The Hall–Kier alpha value is -4.88. The molecular weight excluding hydrogens is 598 g/mol. The number of rotatable bonds is 16. The van der Waals surface area contributed by atoms with Crippen molar-refractivity contribution in [3.63, 3.8) is 0 Å². The Balaban J connectivity index is 1.07. The Morgan fingerprint density at radius 2 is 1.44 bits per heavy atom. The standard InChI is InChI=1S/C41H47N3O4/c1-2-3-4-5-6-7-8-9-10-11-12-13-17-26-39(45)47-33-44-38-25-19-24-37(40(38)48-41(44)46)43-29-27-42(28-30-43)32-34-20-18-23-36(31-34)35-21-15-14-16-22-35/h3-4,6-7,9-10,12-16,18-25,31H,2,5,8,11,17,26-30,32-33H2,1H3/b4-3-,7-6-,10-9-,13-12-. The van der Waals surface area contributed by atoms with Gasteiger partial charge in [-0.3, -0.25) is 9.69 Å². The Labute approximate surface area is 284 Å². The molecule has 1 fully saturated rings. The SMILES string of the molecule is CC/C=C\C/C=C\C/C=C\C/C=C\CCC(=O)OCn1c(=O)oc2c(N3CCN(Cc4cccc(-c5ccccc5)c4)CC3)cccc21. The summed E-state index contributed by atoms with van der Waals surface area (Å²) in [5.41, 5.74) is 5.80. The van der Waals surface area contributed by atoms with Crippen molar-refractivity contribution in [2.75, 3.05) is 31.1 Å². The fourth-order valence-electron chi connectivity index (χ4n) is 5.83. The molecule has 1 aliphatic heterocycles. The number of piperazine rings is 1. The van der Waals surface area contributed by atoms with E-state index in [1.165, 1.54) is 21.3 Å². The molecule has 0 saturated carbocycles. The van der Waals surface area contributed by atoms with Gasteiger partial charge in [-0.15, -0.1) is 0 Å². The first-order valence-electron chi connectivity index (χ1n) is 17.1. The summed E-state index contributed by atoms with van der Waals surface area (Å²) < 4.78 is 12.6. The van der Waals surface area contributed by atoms with E-state index in [9.17, 15) is 9.59 Å². The van der Waals surface area contributed by atoms with Crippen LogP contribution < -0.4 is 10.7 Å². The van der Waals surface area contributed by atoms with Crippen molar-refractivity contribution in [2.45, 2.75) is 58.7 Å². The Morgan fingerprint density at radius 3 is 2.17 bits per heavy atom. The van der Waals surface area contributed by atoms with Crippen LogP contribution in [0.3, 0.4) is 0 Å². The first-order valence-corrected chi connectivity index (χ1v) is 17.1. The third-order valence-corrected chi connectivity index (χ3v) is 8.42. The largest absolute Gasteiger partial charge is 0.444 e. The van der Waals surface area contributed by atoms with E-state index in [0.29, 0.717) is 17.5 Å². The first-order chi connectivity index (χ1) is 23.6. The summed E-state index contributed by atoms with van der Waals surface area (Å²) in [5.74, 6) is -0.874. The maximum absolute atomic E-state index is 12.8. The highest BCUT2D eigenvalue weighted by atomic mass is 16.5. The van der Waals surface area contributed by atoms with Crippen molar-refractivity contribution in [3.05, 3.63) is 138 Å². The van der Waals surface area contributed by atoms with Crippen LogP contribution in [-0.4, -0.2) is 41.6 Å². The maximum Gasteiger partial charge on any atom is 0.422 e. The number of ether oxygens (including phenoxy) is 1. The van der Waals surface area contributed by atoms with Gasteiger partial charge in [-0.25, -0.2) is 9.36 Å². The molecule has 48 heavy (non-hydrogen) atoms. The van der Waals surface area contributed by atoms with E-state index < -0.39 is 5.76 Å². The van der Waals surface area contributed by atoms with E-state index in [2.05, 4.69) is 108 Å². The van der Waals surface area contributed by atoms with Gasteiger partial charge in [0.15, 0.2) is 12.3 Å². The molecule has 7 heteroatoms. The second kappa shape index (κ2) is 18.5. The number of anilines is 1. The number of aromatic nitrogens is 1. The number of para-hydroxylation sites is 1. The number of esters is 1. The molecule has 2 heterocycles. The van der Waals surface area contributed by atoms with Crippen molar-refractivity contribution in [3.8, 4) is 11.1 Å². The van der Waals surface area contributed by atoms with Gasteiger partial charge < -0.3 is 14.1 Å². The lowest BCUT2D eigenvalue weighted by Gasteiger charge is -2.36. The smallest absolute Gasteiger partial charge is 0.422 e. The van der Waals surface area contributed by atoms with Gasteiger partial charge in [0.2, 0.25) is 0 Å². The minimum Gasteiger partial charge on any atom is -0.444 e. The van der Waals surface area contributed by atoms with Crippen LogP contribution in [0.25, 0.3) is 22.2 Å². The molecule has 0 aliphatic carbocycles. The van der Waals surface area contributed by atoms with Crippen LogP contribution in [0.5, 0.6) is 0 Å². The van der Waals surface area contributed by atoms with Gasteiger partial charge in [0.05, 0.1) is 11.2 Å². The lowest BCUT2D eigenvalue weighted by molar-refractivity contribution is -0.147. The number of carbonyl (C=O) groups excluding carboxylic acids is 1. The predicted octanol–water partition coefficient (Wildman–Crippen LogP) is 8.67. The van der Waals surface area contributed by atoms with Gasteiger partial charge in [0.1, 0.15) is 0 Å². The second-order valence-electron chi connectivity index (χ2n) is 11.9. The highest BCUT2D eigenvalue weighted by Gasteiger charge is 2.22. The molecule has 1 aromatic heterocycles. The van der Waals surface area contributed by atoms with E-state index in [4.69, 9.17) is 9.15 Å². The van der Waals surface area contributed by atoms with Crippen LogP contribution in [-0.2, 0) is 22.8 Å². The van der Waals surface area contributed by atoms with Crippen molar-refractivity contribution in [1.82, 2.24) is 9.47 Å². The number of hydrogen-bond donors (Lipinski definition) is 0. The zero-order valence-corrected chi connectivity index (χ0v) is 28.0. The van der Waals surface area contributed by atoms with Crippen LogP contribution in [0.1, 0.15) is 51.0 Å². The van der Waals surface area contributed by atoms with Crippen LogP contribution in [0.2, 0.25) is 0 Å². The van der Waals surface area contributed by atoms with E-state index in [1.807, 2.05) is 30.3 Å². The average molecular weight is 646 g/mol. The topological polar surface area (TPSA) is 67.9 Å². The molecule has 0 unspecified atom stereocenters. The fraction of sp³-hybridized carbons (Fsp3) is 0.317. The molecule has 0 atom stereocenters. The molecule has 0 amide bonds. The lowest BCUT2D eigenvalue weighted by Crippen LogP contribution is -2.46. The molecule has 5 rings (SSSR count). The molecule has 0 bridgehead atoms. The van der Waals surface area contributed by atoms with Crippen LogP contribution >= 0.6 is 0 Å². The van der Waals surface area contributed by atoms with Gasteiger partial charge in [-0.05, 0) is 67.0 Å². The molecule has 250 valence electrons. The summed E-state index contributed by atoms with van der Waals surface area (Å²) in [4.78, 5) is 29.9. The van der Waals surface area contributed by atoms with E-state index in [-0.39, 0.29) is 19.1 Å². The zero-order valence-electron chi connectivity index (χ0n) is 28.0. The molecule has 0 spiro atoms. The Bertz CT molecular complexity index is 1770. The summed E-state index contributed by atoms with van der Waals surface area (Å²) in [5, 5.41) is 0. The quantitative estimate of drug-likeness (QED) is 0.0898. The van der Waals surface area contributed by atoms with Gasteiger partial charge >= 0.3 is 11.7 Å². The summed E-state index contributed by atoms with van der Waals surface area (Å²) >= 11 is 0. The highest BCUT2D eigenvalue weighted by Crippen LogP contribution is 2.28. The van der Waals surface area contributed by atoms with Gasteiger partial charge in [0.25, 0.3) is 0 Å². The number of allylic oxidation sites excluding steroid dienone is 8. The molecule has 1 aliphatic rings.